The van der Waals surface area contributed by atoms with Crippen LogP contribution in [0.25, 0.3) is 12.2 Å². The van der Waals surface area contributed by atoms with Crippen molar-refractivity contribution in [2.24, 2.45) is 0 Å². The third-order valence-corrected chi connectivity index (χ3v) is 11.1. The second kappa shape index (κ2) is 6.53. The van der Waals surface area contributed by atoms with Crippen molar-refractivity contribution in [2.45, 2.75) is 49.4 Å². The molecule has 0 spiro atoms. The Morgan fingerprint density at radius 1 is 0.808 bits per heavy atom. The molecule has 0 heterocycles. The van der Waals surface area contributed by atoms with Gasteiger partial charge in [0.25, 0.3) is 0 Å². The van der Waals surface area contributed by atoms with E-state index >= 15 is 0 Å². The molecule has 0 aromatic heterocycles. The summed E-state index contributed by atoms with van der Waals surface area (Å²) in [6, 6.07) is 13.7. The molecule has 0 fully saturated rings. The van der Waals surface area contributed by atoms with Crippen molar-refractivity contribution in [2.75, 3.05) is 0 Å². The Labute approximate surface area is 168 Å². The molecule has 0 amide bonds. The van der Waals surface area contributed by atoms with Gasteiger partial charge in [0, 0.05) is 0 Å². The normalized spacial score (nSPS) is 21.3. The maximum absolute atomic E-state index is 3.73. The summed E-state index contributed by atoms with van der Waals surface area (Å²) in [7, 11) is 0. The van der Waals surface area contributed by atoms with E-state index in [0.29, 0.717) is 11.8 Å². The van der Waals surface area contributed by atoms with Crippen molar-refractivity contribution >= 4 is 45.7 Å². The van der Waals surface area contributed by atoms with Crippen LogP contribution in [0.2, 0.25) is 17.3 Å². The number of rotatable bonds is 3. The van der Waals surface area contributed by atoms with Crippen molar-refractivity contribution in [1.82, 2.24) is 0 Å². The molecular weight excluding hydrogens is 441 g/mol. The van der Waals surface area contributed by atoms with E-state index in [1.165, 1.54) is 33.2 Å². The Balaban J connectivity index is 1.72. The summed E-state index contributed by atoms with van der Waals surface area (Å²) in [4.78, 5) is 0. The topological polar surface area (TPSA) is 0 Å². The number of hydrogen-bond acceptors (Lipinski definition) is 0. The summed E-state index contributed by atoms with van der Waals surface area (Å²) in [5, 5.41) is 0. The van der Waals surface area contributed by atoms with E-state index in [2.05, 4.69) is 95.6 Å². The van der Waals surface area contributed by atoms with E-state index in [0.717, 1.165) is 0 Å². The first-order chi connectivity index (χ1) is 12.3. The van der Waals surface area contributed by atoms with Crippen LogP contribution in [-0.4, -0.2) is 13.3 Å². The number of benzene rings is 2. The molecule has 0 nitrogen and oxygen atoms in total. The zero-order chi connectivity index (χ0) is 18.6. The van der Waals surface area contributed by atoms with Crippen LogP contribution in [0, 0.1) is 0 Å². The molecule has 0 bridgehead atoms. The first kappa shape index (κ1) is 18.3. The summed E-state index contributed by atoms with van der Waals surface area (Å²) in [5.41, 5.74) is 9.03. The van der Waals surface area contributed by atoms with Crippen LogP contribution < -0.4 is 4.40 Å². The molecular formula is C24H27BrGe. The SMILES string of the molecule is CC1=Cc2c(Br)cccc2C1CC1C(C)=Cc2c1ccc[c]2[Ge]([CH3])([CH3])[CH3]. The molecule has 2 aromatic rings. The molecule has 0 N–H and O–H groups in total. The van der Waals surface area contributed by atoms with Gasteiger partial charge in [-0.2, -0.15) is 0 Å². The van der Waals surface area contributed by atoms with Crippen LogP contribution in [0.15, 0.2) is 52.0 Å². The molecule has 0 aliphatic heterocycles. The third-order valence-electron chi connectivity index (χ3n) is 6.10. The third kappa shape index (κ3) is 2.97. The maximum atomic E-state index is 3.73. The summed E-state index contributed by atoms with van der Waals surface area (Å²) in [5.74, 6) is 8.59. The van der Waals surface area contributed by atoms with E-state index in [4.69, 9.17) is 0 Å². The van der Waals surface area contributed by atoms with Crippen molar-refractivity contribution in [3.8, 4) is 0 Å². The van der Waals surface area contributed by atoms with Crippen LogP contribution in [0.1, 0.15) is 54.4 Å². The molecule has 2 unspecified atom stereocenters. The minimum atomic E-state index is -1.86. The van der Waals surface area contributed by atoms with Crippen molar-refractivity contribution in [3.63, 3.8) is 0 Å². The Kier molecular flexibility index (Phi) is 4.60. The molecule has 26 heavy (non-hydrogen) atoms. The molecule has 134 valence electrons. The quantitative estimate of drug-likeness (QED) is 0.423. The molecule has 0 saturated heterocycles. The Bertz CT molecular complexity index is 943. The fraction of sp³-hybridized carbons (Fsp3) is 0.333. The standard InChI is InChI=1S/C24H27BrGe/c1-15-12-21-17(8-6-10-23(21)25)19(15)14-20-16(2)13-22-18(20)9-7-11-24(22)26(3,4)5/h6-13,19-20H,14H2,1-5H3. The van der Waals surface area contributed by atoms with Gasteiger partial charge in [0.1, 0.15) is 0 Å². The van der Waals surface area contributed by atoms with E-state index in [-0.39, 0.29) is 0 Å². The molecule has 2 atom stereocenters. The van der Waals surface area contributed by atoms with Gasteiger partial charge in [-0.25, -0.2) is 0 Å². The van der Waals surface area contributed by atoms with Crippen LogP contribution >= 0.6 is 15.9 Å². The van der Waals surface area contributed by atoms with Gasteiger partial charge in [0.05, 0.1) is 0 Å². The number of allylic oxidation sites excluding steroid dienone is 2. The van der Waals surface area contributed by atoms with Gasteiger partial charge in [-0.3, -0.25) is 0 Å². The summed E-state index contributed by atoms with van der Waals surface area (Å²) in [6.45, 7) is 4.63. The second-order valence-electron chi connectivity index (χ2n) is 8.92. The molecule has 0 radical (unpaired) electrons. The van der Waals surface area contributed by atoms with Gasteiger partial charge >= 0.3 is 169 Å². The molecule has 2 aliphatic carbocycles. The van der Waals surface area contributed by atoms with Crippen molar-refractivity contribution in [3.05, 3.63) is 74.3 Å². The summed E-state index contributed by atoms with van der Waals surface area (Å²) >= 11 is 1.87. The Morgan fingerprint density at radius 2 is 1.35 bits per heavy atom. The summed E-state index contributed by atoms with van der Waals surface area (Å²) < 4.78 is 2.88. The van der Waals surface area contributed by atoms with Gasteiger partial charge in [0.15, 0.2) is 0 Å². The molecule has 2 heteroatoms. The fourth-order valence-electron chi connectivity index (χ4n) is 4.72. The van der Waals surface area contributed by atoms with Crippen LogP contribution in [0.5, 0.6) is 0 Å². The van der Waals surface area contributed by atoms with E-state index in [1.807, 2.05) is 0 Å². The van der Waals surface area contributed by atoms with Gasteiger partial charge < -0.3 is 0 Å². The fourth-order valence-corrected chi connectivity index (χ4v) is 8.62. The zero-order valence-electron chi connectivity index (χ0n) is 16.4. The molecule has 0 saturated carbocycles. The van der Waals surface area contributed by atoms with Gasteiger partial charge in [-0.1, -0.05) is 0 Å². The van der Waals surface area contributed by atoms with Crippen molar-refractivity contribution in [1.29, 1.82) is 0 Å². The Hall–Kier alpha value is -1.06. The average Bonchev–Trinajstić information content (AvgIpc) is 3.05. The molecule has 4 rings (SSSR count). The predicted octanol–water partition coefficient (Wildman–Crippen LogP) is 7.09. The zero-order valence-corrected chi connectivity index (χ0v) is 20.0. The van der Waals surface area contributed by atoms with E-state index < -0.39 is 13.3 Å². The van der Waals surface area contributed by atoms with Gasteiger partial charge in [-0.05, 0) is 0 Å². The number of halogens is 1. The van der Waals surface area contributed by atoms with E-state index in [9.17, 15) is 0 Å². The van der Waals surface area contributed by atoms with Crippen LogP contribution in [-0.2, 0) is 0 Å². The number of fused-ring (bicyclic) bond motifs is 2. The summed E-state index contributed by atoms with van der Waals surface area (Å²) in [6.07, 6.45) is 6.04. The molecule has 2 aliphatic rings. The van der Waals surface area contributed by atoms with Gasteiger partial charge in [0.2, 0.25) is 0 Å². The van der Waals surface area contributed by atoms with Crippen LogP contribution in [0.3, 0.4) is 0 Å². The van der Waals surface area contributed by atoms with Crippen LogP contribution in [0.4, 0.5) is 0 Å². The van der Waals surface area contributed by atoms with Gasteiger partial charge in [-0.15, -0.1) is 0 Å². The predicted molar refractivity (Wildman–Crippen MR) is 121 cm³/mol. The van der Waals surface area contributed by atoms with E-state index in [1.54, 1.807) is 15.5 Å². The monoisotopic (exact) mass is 468 g/mol. The second-order valence-corrected chi connectivity index (χ2v) is 20.3. The first-order valence-corrected chi connectivity index (χ1v) is 17.7. The molecule has 2 aromatic carbocycles. The minimum absolute atomic E-state index is 0.529. The average molecular weight is 468 g/mol. The number of hydrogen-bond donors (Lipinski definition) is 0. The first-order valence-electron chi connectivity index (χ1n) is 9.55. The van der Waals surface area contributed by atoms with Crippen molar-refractivity contribution < 1.29 is 0 Å². The Morgan fingerprint density at radius 3 is 1.96 bits per heavy atom.